The Labute approximate surface area is 66.1 Å². The first-order valence-corrected chi connectivity index (χ1v) is 3.84. The van der Waals surface area contributed by atoms with E-state index < -0.39 is 6.04 Å². The summed E-state index contributed by atoms with van der Waals surface area (Å²) >= 11 is 0. The molecule has 0 aliphatic carbocycles. The van der Waals surface area contributed by atoms with Gasteiger partial charge in [0.2, 0.25) is 5.91 Å². The number of hydrogen-bond acceptors (Lipinski definition) is 3. The molecule has 0 aromatic carbocycles. The zero-order valence-electron chi connectivity index (χ0n) is 6.67. The minimum atomic E-state index is -0.421. The first-order valence-electron chi connectivity index (χ1n) is 3.84. The molecule has 0 aromatic heterocycles. The maximum Gasteiger partial charge on any atom is 0.236 e. The van der Waals surface area contributed by atoms with Crippen LogP contribution in [-0.4, -0.2) is 31.2 Å². The number of carbonyl (C=O) groups excluding carboxylic acids is 1. The normalized spacial score (nSPS) is 26.5. The monoisotopic (exact) mass is 158 g/mol. The molecule has 0 bridgehead atoms. The molecule has 1 aliphatic heterocycles. The molecular weight excluding hydrogens is 144 g/mol. The van der Waals surface area contributed by atoms with Crippen LogP contribution in [0.4, 0.5) is 0 Å². The third-order valence-electron chi connectivity index (χ3n) is 1.69. The summed E-state index contributed by atoms with van der Waals surface area (Å²) in [7, 11) is 0. The van der Waals surface area contributed by atoms with Crippen LogP contribution in [0.25, 0.3) is 0 Å². The fourth-order valence-corrected chi connectivity index (χ4v) is 0.981. The highest BCUT2D eigenvalue weighted by Gasteiger charge is 2.18. The fourth-order valence-electron chi connectivity index (χ4n) is 0.981. The summed E-state index contributed by atoms with van der Waals surface area (Å²) < 4.78 is 5.08. The molecule has 1 fully saturated rings. The maximum absolute atomic E-state index is 11.0. The van der Waals surface area contributed by atoms with E-state index in [1.54, 1.807) is 6.92 Å². The van der Waals surface area contributed by atoms with Gasteiger partial charge in [0, 0.05) is 6.61 Å². The predicted octanol–water partition coefficient (Wildman–Crippen LogP) is -0.761. The van der Waals surface area contributed by atoms with E-state index in [4.69, 9.17) is 10.5 Å². The Hall–Kier alpha value is -0.610. The third-order valence-corrected chi connectivity index (χ3v) is 1.69. The predicted molar refractivity (Wildman–Crippen MR) is 41.0 cm³/mol. The average molecular weight is 158 g/mol. The van der Waals surface area contributed by atoms with Crippen molar-refractivity contribution in [3.8, 4) is 0 Å². The maximum atomic E-state index is 11.0. The molecule has 1 heterocycles. The van der Waals surface area contributed by atoms with Crippen LogP contribution in [0.15, 0.2) is 0 Å². The second kappa shape index (κ2) is 3.69. The van der Waals surface area contributed by atoms with E-state index >= 15 is 0 Å². The summed E-state index contributed by atoms with van der Waals surface area (Å²) in [5.41, 5.74) is 5.36. The molecule has 1 amide bonds. The first-order chi connectivity index (χ1) is 5.20. The highest BCUT2D eigenvalue weighted by molar-refractivity contribution is 5.81. The van der Waals surface area contributed by atoms with Gasteiger partial charge in [0.15, 0.2) is 0 Å². The van der Waals surface area contributed by atoms with Gasteiger partial charge < -0.3 is 15.8 Å². The van der Waals surface area contributed by atoms with Crippen molar-refractivity contribution in [2.45, 2.75) is 25.4 Å². The Balaban J connectivity index is 2.24. The van der Waals surface area contributed by atoms with Crippen LogP contribution < -0.4 is 11.1 Å². The number of nitrogens with two attached hydrogens (primary N) is 1. The van der Waals surface area contributed by atoms with Crippen LogP contribution in [0.3, 0.4) is 0 Å². The van der Waals surface area contributed by atoms with Crippen molar-refractivity contribution in [3.63, 3.8) is 0 Å². The second-order valence-electron chi connectivity index (χ2n) is 2.86. The van der Waals surface area contributed by atoms with Crippen LogP contribution in [0.2, 0.25) is 0 Å². The summed E-state index contributed by atoms with van der Waals surface area (Å²) in [6.07, 6.45) is 0.901. The van der Waals surface area contributed by atoms with Gasteiger partial charge in [-0.1, -0.05) is 0 Å². The minimum Gasteiger partial charge on any atom is -0.379 e. The highest BCUT2D eigenvalue weighted by atomic mass is 16.5. The first kappa shape index (κ1) is 8.49. The van der Waals surface area contributed by atoms with Crippen LogP contribution in [0.1, 0.15) is 13.3 Å². The molecule has 64 valence electrons. The van der Waals surface area contributed by atoms with Crippen molar-refractivity contribution in [3.05, 3.63) is 0 Å². The van der Waals surface area contributed by atoms with Crippen LogP contribution in [0.5, 0.6) is 0 Å². The van der Waals surface area contributed by atoms with Crippen LogP contribution in [0, 0.1) is 0 Å². The topological polar surface area (TPSA) is 64.4 Å². The lowest BCUT2D eigenvalue weighted by Crippen LogP contribution is -2.44. The van der Waals surface area contributed by atoms with Gasteiger partial charge in [-0.2, -0.15) is 0 Å². The summed E-state index contributed by atoms with van der Waals surface area (Å²) in [4.78, 5) is 11.0. The Bertz CT molecular complexity index is 141. The minimum absolute atomic E-state index is 0.0968. The van der Waals surface area contributed by atoms with E-state index in [0.29, 0.717) is 6.61 Å². The summed E-state index contributed by atoms with van der Waals surface area (Å²) in [5, 5.41) is 2.79. The van der Waals surface area contributed by atoms with Crippen molar-refractivity contribution >= 4 is 5.91 Å². The fraction of sp³-hybridized carbons (Fsp3) is 0.857. The Morgan fingerprint density at radius 3 is 3.00 bits per heavy atom. The lowest BCUT2D eigenvalue weighted by molar-refractivity contribution is -0.122. The van der Waals surface area contributed by atoms with Gasteiger partial charge in [-0.3, -0.25) is 4.79 Å². The van der Waals surface area contributed by atoms with Crippen LogP contribution >= 0.6 is 0 Å². The lowest BCUT2D eigenvalue weighted by Gasteiger charge is -2.11. The van der Waals surface area contributed by atoms with Gasteiger partial charge in [-0.15, -0.1) is 0 Å². The molecule has 1 rings (SSSR count). The molecule has 4 nitrogen and oxygen atoms in total. The summed E-state index contributed by atoms with van der Waals surface area (Å²) in [6.45, 7) is 3.04. The van der Waals surface area contributed by atoms with E-state index in [0.717, 1.165) is 13.0 Å². The molecule has 0 spiro atoms. The number of nitrogens with one attached hydrogen (secondary N) is 1. The zero-order valence-corrected chi connectivity index (χ0v) is 6.67. The van der Waals surface area contributed by atoms with Gasteiger partial charge in [-0.25, -0.2) is 0 Å². The molecule has 1 saturated heterocycles. The summed E-state index contributed by atoms with van der Waals surface area (Å²) in [6, 6.07) is -0.246. The van der Waals surface area contributed by atoms with Crippen molar-refractivity contribution in [1.29, 1.82) is 0 Å². The molecule has 0 aromatic rings. The molecule has 11 heavy (non-hydrogen) atoms. The molecule has 4 heteroatoms. The van der Waals surface area contributed by atoms with E-state index in [1.165, 1.54) is 0 Å². The Morgan fingerprint density at radius 2 is 2.55 bits per heavy atom. The van der Waals surface area contributed by atoms with Gasteiger partial charge in [0.1, 0.15) is 0 Å². The van der Waals surface area contributed by atoms with Crippen molar-refractivity contribution in [2.24, 2.45) is 5.73 Å². The average Bonchev–Trinajstić information content (AvgIpc) is 2.39. The lowest BCUT2D eigenvalue weighted by atomic mass is 10.2. The van der Waals surface area contributed by atoms with Crippen molar-refractivity contribution in [1.82, 2.24) is 5.32 Å². The number of ether oxygens (including phenoxy) is 1. The molecule has 3 N–H and O–H groups in total. The van der Waals surface area contributed by atoms with Gasteiger partial charge in [-0.05, 0) is 13.3 Å². The Morgan fingerprint density at radius 1 is 1.82 bits per heavy atom. The molecule has 0 radical (unpaired) electrons. The van der Waals surface area contributed by atoms with Crippen molar-refractivity contribution in [2.75, 3.05) is 13.2 Å². The van der Waals surface area contributed by atoms with Gasteiger partial charge in [0.05, 0.1) is 18.7 Å². The molecular formula is C7H14N2O2. The number of hydrogen-bond donors (Lipinski definition) is 2. The molecule has 0 saturated carbocycles. The zero-order chi connectivity index (χ0) is 8.27. The van der Waals surface area contributed by atoms with E-state index in [-0.39, 0.29) is 11.9 Å². The molecule has 2 atom stereocenters. The number of amides is 1. The highest BCUT2D eigenvalue weighted by Crippen LogP contribution is 2.02. The summed E-state index contributed by atoms with van der Waals surface area (Å²) in [5.74, 6) is -0.0968. The van der Waals surface area contributed by atoms with E-state index in [1.807, 2.05) is 0 Å². The smallest absolute Gasteiger partial charge is 0.236 e. The Kier molecular flexibility index (Phi) is 2.84. The quantitative estimate of drug-likeness (QED) is 0.555. The van der Waals surface area contributed by atoms with Gasteiger partial charge in [0.25, 0.3) is 0 Å². The van der Waals surface area contributed by atoms with Gasteiger partial charge >= 0.3 is 0 Å². The third kappa shape index (κ3) is 2.48. The second-order valence-corrected chi connectivity index (χ2v) is 2.86. The van der Waals surface area contributed by atoms with Crippen molar-refractivity contribution < 1.29 is 9.53 Å². The van der Waals surface area contributed by atoms with E-state index in [9.17, 15) is 4.79 Å². The van der Waals surface area contributed by atoms with Crippen LogP contribution in [-0.2, 0) is 9.53 Å². The number of rotatable bonds is 2. The number of carbonyl (C=O) groups is 1. The standard InChI is InChI=1S/C7H14N2O2/c1-5(8)7(10)9-6-2-3-11-4-6/h5-6H,2-4,8H2,1H3,(H,9,10)/t5-,6-/m0/s1. The van der Waals surface area contributed by atoms with E-state index in [2.05, 4.69) is 5.32 Å². The molecule has 1 aliphatic rings. The largest absolute Gasteiger partial charge is 0.379 e. The molecule has 0 unspecified atom stereocenters. The SMILES string of the molecule is C[C@H](N)C(=O)N[C@H]1CCOC1.